The van der Waals surface area contributed by atoms with Crippen LogP contribution >= 0.6 is 11.3 Å². The molecule has 0 radical (unpaired) electrons. The van der Waals surface area contributed by atoms with E-state index >= 15 is 0 Å². The van der Waals surface area contributed by atoms with Crippen LogP contribution in [0.5, 0.6) is 0 Å². The van der Waals surface area contributed by atoms with Crippen molar-refractivity contribution in [3.8, 4) is 0 Å². The van der Waals surface area contributed by atoms with Crippen molar-refractivity contribution in [1.29, 1.82) is 0 Å². The molecule has 0 saturated carbocycles. The van der Waals surface area contributed by atoms with Crippen LogP contribution in [0.2, 0.25) is 0 Å². The molecule has 7 nitrogen and oxygen atoms in total. The molecule has 4 rings (SSSR count). The SMILES string of the molecule is Cc1ccc2nc(N(CCCN(C)C)C(=O)c3ccc(N4C(=O)CCC4=O)cc3)sc2c1. The van der Waals surface area contributed by atoms with Gasteiger partial charge in [-0.25, -0.2) is 4.98 Å². The number of carbonyl (C=O) groups excluding carboxylic acids is 3. The van der Waals surface area contributed by atoms with Crippen molar-refractivity contribution in [2.45, 2.75) is 26.2 Å². The van der Waals surface area contributed by atoms with E-state index < -0.39 is 0 Å². The van der Waals surface area contributed by atoms with E-state index in [9.17, 15) is 14.4 Å². The Morgan fingerprint density at radius 1 is 1.03 bits per heavy atom. The molecule has 3 amide bonds. The zero-order valence-electron chi connectivity index (χ0n) is 18.5. The first-order valence-electron chi connectivity index (χ1n) is 10.6. The van der Waals surface area contributed by atoms with Crippen molar-refractivity contribution in [1.82, 2.24) is 9.88 Å². The average molecular weight is 451 g/mol. The third kappa shape index (κ3) is 4.56. The van der Waals surface area contributed by atoms with Crippen molar-refractivity contribution in [2.24, 2.45) is 0 Å². The second kappa shape index (κ2) is 9.18. The van der Waals surface area contributed by atoms with Crippen LogP contribution in [0.1, 0.15) is 35.2 Å². The van der Waals surface area contributed by atoms with E-state index in [1.54, 1.807) is 29.2 Å². The van der Waals surface area contributed by atoms with Gasteiger partial charge in [0.05, 0.1) is 15.9 Å². The number of rotatable bonds is 7. The molecule has 0 atom stereocenters. The monoisotopic (exact) mass is 450 g/mol. The molecule has 0 bridgehead atoms. The molecule has 1 fully saturated rings. The highest BCUT2D eigenvalue weighted by molar-refractivity contribution is 7.22. The van der Waals surface area contributed by atoms with E-state index in [2.05, 4.69) is 11.0 Å². The van der Waals surface area contributed by atoms with Gasteiger partial charge in [0, 0.05) is 24.9 Å². The molecule has 0 unspecified atom stereocenters. The number of hydrogen-bond donors (Lipinski definition) is 0. The molecule has 2 aromatic carbocycles. The first-order chi connectivity index (χ1) is 15.3. The molecule has 1 saturated heterocycles. The first kappa shape index (κ1) is 22.1. The second-order valence-electron chi connectivity index (χ2n) is 8.25. The molecular weight excluding hydrogens is 424 g/mol. The molecule has 2 heterocycles. The van der Waals surface area contributed by atoms with Crippen molar-refractivity contribution < 1.29 is 14.4 Å². The summed E-state index contributed by atoms with van der Waals surface area (Å²) in [4.78, 5) is 47.2. The number of aryl methyl sites for hydroxylation is 1. The quantitative estimate of drug-likeness (QED) is 0.511. The van der Waals surface area contributed by atoms with Gasteiger partial charge in [0.25, 0.3) is 5.91 Å². The summed E-state index contributed by atoms with van der Waals surface area (Å²) < 4.78 is 1.05. The average Bonchev–Trinajstić information content (AvgIpc) is 3.32. The van der Waals surface area contributed by atoms with Gasteiger partial charge in [-0.15, -0.1) is 0 Å². The maximum Gasteiger partial charge on any atom is 0.260 e. The minimum absolute atomic E-state index is 0.148. The van der Waals surface area contributed by atoms with Crippen molar-refractivity contribution in [2.75, 3.05) is 37.0 Å². The van der Waals surface area contributed by atoms with Crippen LogP contribution in [0.3, 0.4) is 0 Å². The number of carbonyl (C=O) groups is 3. The standard InChI is InChI=1S/C24H26N4O3S/c1-16-5-10-19-20(15-16)32-24(25-19)27(14-4-13-26(2)3)23(31)17-6-8-18(9-7-17)28-21(29)11-12-22(28)30/h5-10,15H,4,11-14H2,1-3H3. The number of thiazole rings is 1. The summed E-state index contributed by atoms with van der Waals surface area (Å²) in [7, 11) is 4.01. The number of amides is 3. The number of aromatic nitrogens is 1. The summed E-state index contributed by atoms with van der Waals surface area (Å²) in [5.74, 6) is -0.557. The molecule has 0 spiro atoms. The minimum atomic E-state index is -0.204. The Morgan fingerprint density at radius 3 is 2.38 bits per heavy atom. The number of benzene rings is 2. The molecule has 3 aromatic rings. The van der Waals surface area contributed by atoms with Crippen LogP contribution < -0.4 is 9.80 Å². The Labute approximate surface area is 191 Å². The van der Waals surface area contributed by atoms with Gasteiger partial charge in [0.15, 0.2) is 5.13 Å². The largest absolute Gasteiger partial charge is 0.309 e. The van der Waals surface area contributed by atoms with Gasteiger partial charge in [0.1, 0.15) is 0 Å². The molecule has 1 aromatic heterocycles. The van der Waals surface area contributed by atoms with E-state index in [1.807, 2.05) is 33.2 Å². The molecule has 32 heavy (non-hydrogen) atoms. The number of nitrogens with zero attached hydrogens (tertiary/aromatic N) is 4. The summed E-state index contributed by atoms with van der Waals surface area (Å²) >= 11 is 1.51. The number of imide groups is 1. The zero-order chi connectivity index (χ0) is 22.8. The lowest BCUT2D eigenvalue weighted by molar-refractivity contribution is -0.121. The molecule has 0 N–H and O–H groups in total. The van der Waals surface area contributed by atoms with E-state index in [-0.39, 0.29) is 30.6 Å². The molecular formula is C24H26N4O3S. The van der Waals surface area contributed by atoms with E-state index in [0.717, 1.165) is 28.7 Å². The van der Waals surface area contributed by atoms with Gasteiger partial charge in [-0.2, -0.15) is 0 Å². The highest BCUT2D eigenvalue weighted by atomic mass is 32.1. The predicted molar refractivity (Wildman–Crippen MR) is 127 cm³/mol. The first-order valence-corrected chi connectivity index (χ1v) is 11.4. The van der Waals surface area contributed by atoms with Gasteiger partial charge >= 0.3 is 0 Å². The van der Waals surface area contributed by atoms with Crippen LogP contribution in [0.4, 0.5) is 10.8 Å². The lowest BCUT2D eigenvalue weighted by atomic mass is 10.1. The van der Waals surface area contributed by atoms with E-state index in [1.165, 1.54) is 16.2 Å². The van der Waals surface area contributed by atoms with Gasteiger partial charge in [-0.3, -0.25) is 24.2 Å². The maximum absolute atomic E-state index is 13.5. The normalized spacial score (nSPS) is 14.1. The molecule has 0 aliphatic carbocycles. The summed E-state index contributed by atoms with van der Waals surface area (Å²) in [6.07, 6.45) is 1.27. The second-order valence-corrected chi connectivity index (χ2v) is 9.26. The fourth-order valence-electron chi connectivity index (χ4n) is 3.74. The summed E-state index contributed by atoms with van der Waals surface area (Å²) in [5, 5.41) is 0.670. The number of anilines is 2. The molecule has 1 aliphatic rings. The third-order valence-electron chi connectivity index (χ3n) is 5.42. The van der Waals surface area contributed by atoms with E-state index in [0.29, 0.717) is 22.9 Å². The Kier molecular flexibility index (Phi) is 6.34. The Hall–Kier alpha value is -3.10. The van der Waals surface area contributed by atoms with Gasteiger partial charge in [-0.05, 0) is 75.9 Å². The van der Waals surface area contributed by atoms with Crippen LogP contribution in [-0.4, -0.2) is 54.8 Å². The minimum Gasteiger partial charge on any atom is -0.309 e. The maximum atomic E-state index is 13.5. The third-order valence-corrected chi connectivity index (χ3v) is 6.46. The van der Waals surface area contributed by atoms with Gasteiger partial charge in [0.2, 0.25) is 11.8 Å². The smallest absolute Gasteiger partial charge is 0.260 e. The van der Waals surface area contributed by atoms with Crippen molar-refractivity contribution in [3.05, 3.63) is 53.6 Å². The Morgan fingerprint density at radius 2 is 1.72 bits per heavy atom. The molecule has 166 valence electrons. The molecule has 8 heteroatoms. The molecule has 1 aliphatic heterocycles. The van der Waals surface area contributed by atoms with Gasteiger partial charge < -0.3 is 4.90 Å². The van der Waals surface area contributed by atoms with Crippen molar-refractivity contribution in [3.63, 3.8) is 0 Å². The van der Waals surface area contributed by atoms with Crippen LogP contribution in [0.15, 0.2) is 42.5 Å². The Balaban J connectivity index is 1.61. The van der Waals surface area contributed by atoms with Gasteiger partial charge in [-0.1, -0.05) is 17.4 Å². The summed E-state index contributed by atoms with van der Waals surface area (Å²) in [6, 6.07) is 12.7. The highest BCUT2D eigenvalue weighted by Crippen LogP contribution is 2.31. The zero-order valence-corrected chi connectivity index (χ0v) is 19.3. The fourth-order valence-corrected chi connectivity index (χ4v) is 4.83. The lowest BCUT2D eigenvalue weighted by Crippen LogP contribution is -2.33. The number of hydrogen-bond acceptors (Lipinski definition) is 6. The van der Waals surface area contributed by atoms with Crippen LogP contribution in [0.25, 0.3) is 10.2 Å². The lowest BCUT2D eigenvalue weighted by Gasteiger charge is -2.21. The Bertz CT molecular complexity index is 1150. The van der Waals surface area contributed by atoms with Crippen LogP contribution in [-0.2, 0) is 9.59 Å². The van der Waals surface area contributed by atoms with Crippen LogP contribution in [0, 0.1) is 6.92 Å². The summed E-state index contributed by atoms with van der Waals surface area (Å²) in [6.45, 7) is 3.43. The van der Waals surface area contributed by atoms with Crippen molar-refractivity contribution >= 4 is 50.1 Å². The number of fused-ring (bicyclic) bond motifs is 1. The highest BCUT2D eigenvalue weighted by Gasteiger charge is 2.30. The fraction of sp³-hybridized carbons (Fsp3) is 0.333. The summed E-state index contributed by atoms with van der Waals surface area (Å²) in [5.41, 5.74) is 3.03. The topological polar surface area (TPSA) is 73.8 Å². The van der Waals surface area contributed by atoms with E-state index in [4.69, 9.17) is 4.98 Å². The predicted octanol–water partition coefficient (Wildman–Crippen LogP) is 3.86.